The van der Waals surface area contributed by atoms with Crippen molar-refractivity contribution < 1.29 is 0 Å². The van der Waals surface area contributed by atoms with Crippen molar-refractivity contribution in [2.75, 3.05) is 0 Å². The molecule has 0 heterocycles. The van der Waals surface area contributed by atoms with Crippen LogP contribution in [0.3, 0.4) is 0 Å². The van der Waals surface area contributed by atoms with Gasteiger partial charge in [0.1, 0.15) is 0 Å². The van der Waals surface area contributed by atoms with Gasteiger partial charge in [0.25, 0.3) is 0 Å². The van der Waals surface area contributed by atoms with Crippen molar-refractivity contribution in [3.05, 3.63) is 156 Å². The summed E-state index contributed by atoms with van der Waals surface area (Å²) in [4.78, 5) is 0. The summed E-state index contributed by atoms with van der Waals surface area (Å²) >= 11 is 0. The van der Waals surface area contributed by atoms with E-state index in [1.807, 2.05) is 0 Å². The van der Waals surface area contributed by atoms with E-state index in [9.17, 15) is 0 Å². The number of hydrogen-bond donors (Lipinski definition) is 0. The van der Waals surface area contributed by atoms with Gasteiger partial charge in [-0.15, -0.1) is 0 Å². The van der Waals surface area contributed by atoms with Gasteiger partial charge >= 0.3 is 0 Å². The highest BCUT2D eigenvalue weighted by molar-refractivity contribution is 5.73. The number of hydrogen-bond acceptors (Lipinski definition) is 0. The van der Waals surface area contributed by atoms with Crippen LogP contribution in [0, 0.1) is 0 Å². The SMILES string of the molecule is c1ccc(CC(c2ccccc2-c2ccccc2)c2ccccc2-c2ccccc2)cc1. The standard InChI is InChI=1S/C32H26/c1-4-14-25(15-5-1)24-32(30-22-12-10-20-28(30)26-16-6-2-7-17-26)31-23-13-11-21-29(31)27-18-8-3-9-19-27/h1-23,32H,24H2. The fraction of sp³-hybridized carbons (Fsp3) is 0.0625. The quantitative estimate of drug-likeness (QED) is 0.264. The minimum atomic E-state index is 0.241. The van der Waals surface area contributed by atoms with Crippen molar-refractivity contribution in [1.82, 2.24) is 0 Å². The third-order valence-electron chi connectivity index (χ3n) is 6.12. The smallest absolute Gasteiger partial charge is 0.0142 e. The third-order valence-corrected chi connectivity index (χ3v) is 6.12. The van der Waals surface area contributed by atoms with Crippen LogP contribution in [0.15, 0.2) is 140 Å². The Kier molecular flexibility index (Phi) is 5.94. The van der Waals surface area contributed by atoms with E-state index in [0.717, 1.165) is 6.42 Å². The summed E-state index contributed by atoms with van der Waals surface area (Å²) < 4.78 is 0. The number of rotatable bonds is 6. The van der Waals surface area contributed by atoms with E-state index in [0.29, 0.717) is 0 Å². The zero-order chi connectivity index (χ0) is 21.6. The molecule has 0 amide bonds. The summed E-state index contributed by atoms with van der Waals surface area (Å²) in [7, 11) is 0. The van der Waals surface area contributed by atoms with Crippen LogP contribution >= 0.6 is 0 Å². The van der Waals surface area contributed by atoms with Crippen molar-refractivity contribution in [3.63, 3.8) is 0 Å². The maximum Gasteiger partial charge on any atom is 0.0142 e. The van der Waals surface area contributed by atoms with E-state index in [-0.39, 0.29) is 5.92 Å². The Morgan fingerprint density at radius 2 is 0.750 bits per heavy atom. The molecule has 0 N–H and O–H groups in total. The van der Waals surface area contributed by atoms with Crippen LogP contribution in [0.1, 0.15) is 22.6 Å². The molecule has 0 aliphatic rings. The lowest BCUT2D eigenvalue weighted by Gasteiger charge is -2.24. The summed E-state index contributed by atoms with van der Waals surface area (Å²) in [6, 6.07) is 50.1. The molecule has 0 radical (unpaired) electrons. The highest BCUT2D eigenvalue weighted by Gasteiger charge is 2.21. The topological polar surface area (TPSA) is 0 Å². The van der Waals surface area contributed by atoms with Crippen molar-refractivity contribution in [3.8, 4) is 22.3 Å². The minimum Gasteiger partial charge on any atom is -0.0622 e. The van der Waals surface area contributed by atoms with Crippen LogP contribution in [0.5, 0.6) is 0 Å². The van der Waals surface area contributed by atoms with Crippen LogP contribution in [0.2, 0.25) is 0 Å². The van der Waals surface area contributed by atoms with Gasteiger partial charge in [-0.3, -0.25) is 0 Å². The zero-order valence-electron chi connectivity index (χ0n) is 18.1. The van der Waals surface area contributed by atoms with Gasteiger partial charge in [-0.2, -0.15) is 0 Å². The van der Waals surface area contributed by atoms with Gasteiger partial charge in [0.15, 0.2) is 0 Å². The van der Waals surface area contributed by atoms with Crippen LogP contribution in [-0.2, 0) is 6.42 Å². The fourth-order valence-corrected chi connectivity index (χ4v) is 4.60. The first-order valence-electron chi connectivity index (χ1n) is 11.2. The molecule has 0 aromatic heterocycles. The first kappa shape index (κ1) is 20.0. The average molecular weight is 411 g/mol. The van der Waals surface area contributed by atoms with E-state index in [1.165, 1.54) is 38.9 Å². The maximum absolute atomic E-state index is 2.30. The lowest BCUT2D eigenvalue weighted by Crippen LogP contribution is -2.08. The van der Waals surface area contributed by atoms with Gasteiger partial charge in [-0.05, 0) is 45.4 Å². The molecule has 0 bridgehead atoms. The lowest BCUT2D eigenvalue weighted by molar-refractivity contribution is 0.809. The van der Waals surface area contributed by atoms with Crippen molar-refractivity contribution in [1.29, 1.82) is 0 Å². The molecule has 0 aliphatic carbocycles. The van der Waals surface area contributed by atoms with Crippen LogP contribution < -0.4 is 0 Å². The Hall–Kier alpha value is -3.90. The molecular weight excluding hydrogens is 384 g/mol. The molecule has 0 aliphatic heterocycles. The van der Waals surface area contributed by atoms with Crippen molar-refractivity contribution >= 4 is 0 Å². The minimum absolute atomic E-state index is 0.241. The zero-order valence-corrected chi connectivity index (χ0v) is 18.1. The van der Waals surface area contributed by atoms with E-state index >= 15 is 0 Å². The predicted molar refractivity (Wildman–Crippen MR) is 136 cm³/mol. The molecular formula is C32H26. The van der Waals surface area contributed by atoms with E-state index in [2.05, 4.69) is 140 Å². The third kappa shape index (κ3) is 4.26. The second-order valence-electron chi connectivity index (χ2n) is 8.15. The predicted octanol–water partition coefficient (Wildman–Crippen LogP) is 8.40. The van der Waals surface area contributed by atoms with Gasteiger partial charge < -0.3 is 0 Å². The molecule has 0 atom stereocenters. The highest BCUT2D eigenvalue weighted by atomic mass is 14.2. The molecule has 0 spiro atoms. The molecule has 0 unspecified atom stereocenters. The molecule has 0 saturated heterocycles. The van der Waals surface area contributed by atoms with Crippen LogP contribution in [-0.4, -0.2) is 0 Å². The normalized spacial score (nSPS) is 10.9. The molecule has 154 valence electrons. The second-order valence-corrected chi connectivity index (χ2v) is 8.15. The Balaban J connectivity index is 1.70. The van der Waals surface area contributed by atoms with E-state index in [4.69, 9.17) is 0 Å². The second kappa shape index (κ2) is 9.49. The van der Waals surface area contributed by atoms with Gasteiger partial charge in [-0.1, -0.05) is 140 Å². The molecule has 5 aromatic carbocycles. The van der Waals surface area contributed by atoms with Gasteiger partial charge in [0, 0.05) is 5.92 Å². The maximum atomic E-state index is 2.30. The molecule has 5 aromatic rings. The average Bonchev–Trinajstić information content (AvgIpc) is 2.89. The molecule has 32 heavy (non-hydrogen) atoms. The summed E-state index contributed by atoms with van der Waals surface area (Å²) in [5.41, 5.74) is 9.21. The Labute approximate surface area is 190 Å². The first-order chi connectivity index (χ1) is 15.9. The molecule has 0 fully saturated rings. The van der Waals surface area contributed by atoms with E-state index < -0.39 is 0 Å². The van der Waals surface area contributed by atoms with Gasteiger partial charge in [-0.25, -0.2) is 0 Å². The highest BCUT2D eigenvalue weighted by Crippen LogP contribution is 2.39. The summed E-state index contributed by atoms with van der Waals surface area (Å²) in [5.74, 6) is 0.241. The Morgan fingerprint density at radius 3 is 1.22 bits per heavy atom. The Bertz CT molecular complexity index is 1190. The molecule has 0 heteroatoms. The van der Waals surface area contributed by atoms with Crippen molar-refractivity contribution in [2.24, 2.45) is 0 Å². The van der Waals surface area contributed by atoms with Gasteiger partial charge in [0.2, 0.25) is 0 Å². The summed E-state index contributed by atoms with van der Waals surface area (Å²) in [6.07, 6.45) is 0.953. The summed E-state index contributed by atoms with van der Waals surface area (Å²) in [6.45, 7) is 0. The molecule has 5 rings (SSSR count). The molecule has 0 nitrogen and oxygen atoms in total. The Morgan fingerprint density at radius 1 is 0.375 bits per heavy atom. The van der Waals surface area contributed by atoms with Crippen LogP contribution in [0.4, 0.5) is 0 Å². The first-order valence-corrected chi connectivity index (χ1v) is 11.2. The largest absolute Gasteiger partial charge is 0.0622 e. The van der Waals surface area contributed by atoms with Gasteiger partial charge in [0.05, 0.1) is 0 Å². The van der Waals surface area contributed by atoms with E-state index in [1.54, 1.807) is 0 Å². The summed E-state index contributed by atoms with van der Waals surface area (Å²) in [5, 5.41) is 0. The monoisotopic (exact) mass is 410 g/mol. The lowest BCUT2D eigenvalue weighted by atomic mass is 9.79. The van der Waals surface area contributed by atoms with Crippen molar-refractivity contribution in [2.45, 2.75) is 12.3 Å². The molecule has 0 saturated carbocycles. The number of benzene rings is 5. The van der Waals surface area contributed by atoms with Crippen LogP contribution in [0.25, 0.3) is 22.3 Å². The fourth-order valence-electron chi connectivity index (χ4n) is 4.60.